The van der Waals surface area contributed by atoms with Gasteiger partial charge in [-0.05, 0) is 38.1 Å². The van der Waals surface area contributed by atoms with Crippen LogP contribution in [0.5, 0.6) is 0 Å². The molecule has 2 heterocycles. The average Bonchev–Trinajstić information content (AvgIpc) is 2.88. The van der Waals surface area contributed by atoms with Gasteiger partial charge in [-0.1, -0.05) is 6.92 Å². The van der Waals surface area contributed by atoms with Crippen molar-refractivity contribution < 1.29 is 9.90 Å². The van der Waals surface area contributed by atoms with E-state index in [9.17, 15) is 4.79 Å². The molecular formula is C16H21N3O2S. The smallest absolute Gasteiger partial charge is 0.347 e. The number of nitrogens with zero attached hydrogens (tertiary/aromatic N) is 3. The first-order chi connectivity index (χ1) is 10.5. The van der Waals surface area contributed by atoms with Crippen LogP contribution in [0.4, 0.5) is 0 Å². The lowest BCUT2D eigenvalue weighted by atomic mass is 10.1. The molecule has 5 nitrogen and oxygen atoms in total. The van der Waals surface area contributed by atoms with E-state index in [1.165, 1.54) is 16.9 Å². The van der Waals surface area contributed by atoms with Crippen molar-refractivity contribution in [3.8, 4) is 0 Å². The molecule has 1 unspecified atom stereocenters. The number of aromatic carboxylic acids is 1. The molecule has 2 aromatic rings. The Bertz CT molecular complexity index is 628. The second kappa shape index (κ2) is 7.47. The molecular weight excluding hydrogens is 298 g/mol. The van der Waals surface area contributed by atoms with Gasteiger partial charge in [0.25, 0.3) is 0 Å². The fourth-order valence-electron chi connectivity index (χ4n) is 2.33. The van der Waals surface area contributed by atoms with Gasteiger partial charge >= 0.3 is 5.97 Å². The Labute approximate surface area is 134 Å². The van der Waals surface area contributed by atoms with Gasteiger partial charge in [0.2, 0.25) is 0 Å². The highest BCUT2D eigenvalue weighted by molar-refractivity contribution is 7.13. The molecule has 0 amide bonds. The first kappa shape index (κ1) is 16.6. The van der Waals surface area contributed by atoms with Gasteiger partial charge < -0.3 is 10.0 Å². The lowest BCUT2D eigenvalue weighted by molar-refractivity contribution is 0.0701. The van der Waals surface area contributed by atoms with Crippen LogP contribution in [0, 0.1) is 6.92 Å². The first-order valence-corrected chi connectivity index (χ1v) is 8.07. The highest BCUT2D eigenvalue weighted by Crippen LogP contribution is 2.25. The third-order valence-corrected chi connectivity index (χ3v) is 4.92. The van der Waals surface area contributed by atoms with Gasteiger partial charge in [-0.2, -0.15) is 0 Å². The normalized spacial score (nSPS) is 12.5. The van der Waals surface area contributed by atoms with E-state index in [4.69, 9.17) is 5.11 Å². The van der Waals surface area contributed by atoms with Gasteiger partial charge in [0, 0.05) is 31.4 Å². The van der Waals surface area contributed by atoms with E-state index >= 15 is 0 Å². The Hall–Kier alpha value is -1.79. The van der Waals surface area contributed by atoms with Gasteiger partial charge in [0.05, 0.1) is 10.7 Å². The molecule has 1 atom stereocenters. The van der Waals surface area contributed by atoms with E-state index in [2.05, 4.69) is 28.8 Å². The van der Waals surface area contributed by atoms with E-state index in [0.717, 1.165) is 24.5 Å². The maximum Gasteiger partial charge on any atom is 0.347 e. The van der Waals surface area contributed by atoms with Crippen LogP contribution in [0.25, 0.3) is 0 Å². The Kier molecular flexibility index (Phi) is 5.63. The first-order valence-electron chi connectivity index (χ1n) is 7.25. The Morgan fingerprint density at radius 1 is 1.41 bits per heavy atom. The predicted octanol–water partition coefficient (Wildman–Crippen LogP) is 2.82. The summed E-state index contributed by atoms with van der Waals surface area (Å²) in [5, 5.41) is 10.0. The van der Waals surface area contributed by atoms with Crippen molar-refractivity contribution in [3.05, 3.63) is 45.7 Å². The second-order valence-electron chi connectivity index (χ2n) is 5.54. The number of rotatable bonds is 7. The van der Waals surface area contributed by atoms with Crippen LogP contribution in [0.2, 0.25) is 0 Å². The number of hydrogen-bond acceptors (Lipinski definition) is 5. The summed E-state index contributed by atoms with van der Waals surface area (Å²) in [5.41, 5.74) is 1.88. The molecule has 118 valence electrons. The quantitative estimate of drug-likeness (QED) is 0.850. The zero-order chi connectivity index (χ0) is 16.1. The number of aryl methyl sites for hydroxylation is 1. The average molecular weight is 319 g/mol. The monoisotopic (exact) mass is 319 g/mol. The Balaban J connectivity index is 1.89. The van der Waals surface area contributed by atoms with Crippen molar-refractivity contribution in [2.45, 2.75) is 26.2 Å². The molecule has 0 saturated carbocycles. The molecule has 22 heavy (non-hydrogen) atoms. The second-order valence-corrected chi connectivity index (χ2v) is 6.57. The standard InChI is InChI=1S/C16H21N3O2S/c1-11(15-18-12(2)14(22-15)16(20)21)10-19(3)9-6-13-4-7-17-8-5-13/h4-5,7-8,11H,6,9-10H2,1-3H3,(H,20,21). The number of aromatic nitrogens is 2. The highest BCUT2D eigenvalue weighted by Gasteiger charge is 2.18. The summed E-state index contributed by atoms with van der Waals surface area (Å²) >= 11 is 1.29. The van der Waals surface area contributed by atoms with Crippen LogP contribution >= 0.6 is 11.3 Å². The Morgan fingerprint density at radius 2 is 2.09 bits per heavy atom. The van der Waals surface area contributed by atoms with Crippen molar-refractivity contribution in [1.82, 2.24) is 14.9 Å². The van der Waals surface area contributed by atoms with Crippen LogP contribution in [0.3, 0.4) is 0 Å². The van der Waals surface area contributed by atoms with Crippen molar-refractivity contribution in [2.24, 2.45) is 0 Å². The van der Waals surface area contributed by atoms with Crippen molar-refractivity contribution in [1.29, 1.82) is 0 Å². The maximum absolute atomic E-state index is 11.1. The fourth-order valence-corrected chi connectivity index (χ4v) is 3.28. The summed E-state index contributed by atoms with van der Waals surface area (Å²) < 4.78 is 0. The molecule has 0 aliphatic carbocycles. The van der Waals surface area contributed by atoms with Gasteiger partial charge in [0.1, 0.15) is 4.88 Å². The number of pyridine rings is 1. The molecule has 0 bridgehead atoms. The third-order valence-electron chi connectivity index (χ3n) is 3.55. The fraction of sp³-hybridized carbons (Fsp3) is 0.438. The molecule has 6 heteroatoms. The van der Waals surface area contributed by atoms with E-state index in [-0.39, 0.29) is 5.92 Å². The largest absolute Gasteiger partial charge is 0.477 e. The van der Waals surface area contributed by atoms with Gasteiger partial charge in [0.15, 0.2) is 0 Å². The van der Waals surface area contributed by atoms with E-state index in [0.29, 0.717) is 10.6 Å². The summed E-state index contributed by atoms with van der Waals surface area (Å²) in [7, 11) is 2.08. The Morgan fingerprint density at radius 3 is 2.68 bits per heavy atom. The molecule has 0 aliphatic heterocycles. The lowest BCUT2D eigenvalue weighted by Gasteiger charge is -2.20. The SMILES string of the molecule is Cc1nc(C(C)CN(C)CCc2ccncc2)sc1C(=O)O. The van der Waals surface area contributed by atoms with Gasteiger partial charge in [-0.25, -0.2) is 9.78 Å². The van der Waals surface area contributed by atoms with E-state index < -0.39 is 5.97 Å². The third kappa shape index (κ3) is 4.35. The zero-order valence-electron chi connectivity index (χ0n) is 13.1. The molecule has 0 spiro atoms. The molecule has 0 aliphatic rings. The van der Waals surface area contributed by atoms with Crippen molar-refractivity contribution in [2.75, 3.05) is 20.1 Å². The minimum Gasteiger partial charge on any atom is -0.477 e. The van der Waals surface area contributed by atoms with Crippen LogP contribution in [-0.4, -0.2) is 46.1 Å². The highest BCUT2D eigenvalue weighted by atomic mass is 32.1. The number of carboxylic acids is 1. The number of thiazole rings is 1. The topological polar surface area (TPSA) is 66.3 Å². The number of likely N-dealkylation sites (N-methyl/N-ethyl adjacent to an activating group) is 1. The van der Waals surface area contributed by atoms with Crippen molar-refractivity contribution >= 4 is 17.3 Å². The van der Waals surface area contributed by atoms with Crippen LogP contribution in [0.15, 0.2) is 24.5 Å². The molecule has 2 aromatic heterocycles. The summed E-state index contributed by atoms with van der Waals surface area (Å²) in [4.78, 5) is 22.1. The summed E-state index contributed by atoms with van der Waals surface area (Å²) in [6.07, 6.45) is 4.59. The molecule has 0 fully saturated rings. The number of hydrogen-bond donors (Lipinski definition) is 1. The minimum atomic E-state index is -0.889. The molecule has 0 radical (unpaired) electrons. The van der Waals surface area contributed by atoms with Gasteiger partial charge in [-0.3, -0.25) is 4.98 Å². The van der Waals surface area contributed by atoms with Crippen LogP contribution in [-0.2, 0) is 6.42 Å². The number of carbonyl (C=O) groups is 1. The molecule has 2 rings (SSSR count). The summed E-state index contributed by atoms with van der Waals surface area (Å²) in [6, 6.07) is 4.06. The molecule has 0 saturated heterocycles. The zero-order valence-corrected chi connectivity index (χ0v) is 13.9. The minimum absolute atomic E-state index is 0.222. The lowest BCUT2D eigenvalue weighted by Crippen LogP contribution is -2.25. The van der Waals surface area contributed by atoms with Gasteiger partial charge in [-0.15, -0.1) is 11.3 Å². The van der Waals surface area contributed by atoms with Crippen LogP contribution in [0.1, 0.15) is 38.8 Å². The van der Waals surface area contributed by atoms with E-state index in [1.807, 2.05) is 24.5 Å². The summed E-state index contributed by atoms with van der Waals surface area (Å²) in [5.74, 6) is -0.668. The number of carboxylic acid groups (broad SMARTS) is 1. The maximum atomic E-state index is 11.1. The molecule has 1 N–H and O–H groups in total. The van der Waals surface area contributed by atoms with Crippen molar-refractivity contribution in [3.63, 3.8) is 0 Å². The van der Waals surface area contributed by atoms with Crippen LogP contribution < -0.4 is 0 Å². The van der Waals surface area contributed by atoms with E-state index in [1.54, 1.807) is 6.92 Å². The predicted molar refractivity (Wildman–Crippen MR) is 87.7 cm³/mol. The summed E-state index contributed by atoms with van der Waals surface area (Å²) in [6.45, 7) is 5.65. The molecule has 0 aromatic carbocycles.